The summed E-state index contributed by atoms with van der Waals surface area (Å²) >= 11 is 0. The van der Waals surface area contributed by atoms with Gasteiger partial charge in [0.2, 0.25) is 5.91 Å². The summed E-state index contributed by atoms with van der Waals surface area (Å²) < 4.78 is 16.6. The van der Waals surface area contributed by atoms with Gasteiger partial charge >= 0.3 is 0 Å². The van der Waals surface area contributed by atoms with Gasteiger partial charge in [-0.05, 0) is 68.2 Å². The Hall–Kier alpha value is -2.77. The maximum absolute atomic E-state index is 14.7. The molecule has 3 heterocycles. The van der Waals surface area contributed by atoms with Gasteiger partial charge in [0.25, 0.3) is 5.56 Å². The summed E-state index contributed by atoms with van der Waals surface area (Å²) in [7, 11) is 0. The van der Waals surface area contributed by atoms with Crippen molar-refractivity contribution in [3.8, 4) is 0 Å². The van der Waals surface area contributed by atoms with E-state index in [1.807, 2.05) is 21.6 Å². The Bertz CT molecular complexity index is 1250. The summed E-state index contributed by atoms with van der Waals surface area (Å²) in [5, 5.41) is 13.6. The van der Waals surface area contributed by atoms with Gasteiger partial charge in [-0.1, -0.05) is 24.3 Å². The number of nitrogens with one attached hydrogen (secondary N) is 1. The molecule has 2 aliphatic carbocycles. The monoisotopic (exact) mass is 491 g/mol. The molecular formula is C29H34FN3O3. The number of hydrogen-bond donors (Lipinski definition) is 2. The van der Waals surface area contributed by atoms with Crippen LogP contribution in [0.4, 0.5) is 4.39 Å². The van der Waals surface area contributed by atoms with Gasteiger partial charge in [-0.3, -0.25) is 14.5 Å². The van der Waals surface area contributed by atoms with Gasteiger partial charge in [-0.2, -0.15) is 0 Å². The molecule has 7 heteroatoms. The Morgan fingerprint density at radius 3 is 2.69 bits per heavy atom. The van der Waals surface area contributed by atoms with Gasteiger partial charge in [0.1, 0.15) is 5.82 Å². The molecule has 6 nitrogen and oxygen atoms in total. The first-order chi connectivity index (χ1) is 17.6. The first-order valence-electron chi connectivity index (χ1n) is 13.4. The van der Waals surface area contributed by atoms with Crippen molar-refractivity contribution in [2.75, 3.05) is 13.2 Å². The number of nitrogens with zero attached hydrogens (tertiary/aromatic N) is 2. The van der Waals surface area contributed by atoms with Crippen LogP contribution < -0.4 is 10.9 Å². The van der Waals surface area contributed by atoms with Gasteiger partial charge in [-0.25, -0.2) is 4.39 Å². The van der Waals surface area contributed by atoms with Crippen molar-refractivity contribution in [2.45, 2.75) is 63.7 Å². The van der Waals surface area contributed by atoms with Crippen LogP contribution in [0.25, 0.3) is 5.57 Å². The van der Waals surface area contributed by atoms with E-state index in [-0.39, 0.29) is 48.3 Å². The Morgan fingerprint density at radius 1 is 1.14 bits per heavy atom. The zero-order chi connectivity index (χ0) is 24.8. The van der Waals surface area contributed by atoms with Gasteiger partial charge in [0, 0.05) is 54.9 Å². The van der Waals surface area contributed by atoms with E-state index in [0.717, 1.165) is 55.4 Å². The Morgan fingerprint density at radius 2 is 1.97 bits per heavy atom. The van der Waals surface area contributed by atoms with E-state index in [1.165, 1.54) is 6.07 Å². The van der Waals surface area contributed by atoms with Gasteiger partial charge in [-0.15, -0.1) is 0 Å². The number of likely N-dealkylation sites (tertiary alicyclic amines) is 1. The summed E-state index contributed by atoms with van der Waals surface area (Å²) in [5.41, 5.74) is 3.26. The van der Waals surface area contributed by atoms with E-state index < -0.39 is 6.04 Å². The zero-order valence-corrected chi connectivity index (χ0v) is 20.5. The number of halogens is 1. The summed E-state index contributed by atoms with van der Waals surface area (Å²) in [6.45, 7) is 1.19. The molecule has 4 atom stereocenters. The second-order valence-corrected chi connectivity index (χ2v) is 10.9. The largest absolute Gasteiger partial charge is 0.396 e. The molecule has 0 radical (unpaired) electrons. The van der Waals surface area contributed by atoms with Crippen molar-refractivity contribution in [3.63, 3.8) is 0 Å². The second kappa shape index (κ2) is 9.60. The molecule has 2 aliphatic heterocycles. The van der Waals surface area contributed by atoms with Crippen LogP contribution in [-0.2, 0) is 17.9 Å². The number of hydrogen-bond acceptors (Lipinski definition) is 4. The van der Waals surface area contributed by atoms with Gasteiger partial charge < -0.3 is 15.0 Å². The van der Waals surface area contributed by atoms with E-state index in [1.54, 1.807) is 18.2 Å². The number of rotatable bonds is 7. The molecule has 2 fully saturated rings. The van der Waals surface area contributed by atoms with Crippen molar-refractivity contribution in [2.24, 2.45) is 17.8 Å². The number of pyridine rings is 1. The van der Waals surface area contributed by atoms with E-state index >= 15 is 0 Å². The first kappa shape index (κ1) is 23.6. The van der Waals surface area contributed by atoms with Crippen LogP contribution >= 0.6 is 0 Å². The highest BCUT2D eigenvalue weighted by Gasteiger charge is 2.55. The number of benzene rings is 1. The minimum absolute atomic E-state index is 0.00677. The van der Waals surface area contributed by atoms with Crippen molar-refractivity contribution in [1.29, 1.82) is 0 Å². The molecule has 4 aliphatic rings. The fourth-order valence-corrected chi connectivity index (χ4v) is 6.61. The number of aromatic nitrogens is 1. The number of aliphatic hydroxyl groups excluding tert-OH is 1. The van der Waals surface area contributed by atoms with Gasteiger partial charge in [0.05, 0.1) is 12.1 Å². The third kappa shape index (κ3) is 4.12. The summed E-state index contributed by atoms with van der Waals surface area (Å²) in [6.07, 6.45) is 8.63. The average molecular weight is 492 g/mol. The quantitative estimate of drug-likeness (QED) is 0.620. The predicted octanol–water partition coefficient (Wildman–Crippen LogP) is 3.63. The van der Waals surface area contributed by atoms with Crippen LogP contribution in [0.5, 0.6) is 0 Å². The van der Waals surface area contributed by atoms with Crippen LogP contribution in [0.15, 0.2) is 47.3 Å². The lowest BCUT2D eigenvalue weighted by atomic mass is 9.88. The van der Waals surface area contributed by atoms with Crippen molar-refractivity contribution in [1.82, 2.24) is 14.8 Å². The fraction of sp³-hybridized carbons (Fsp3) is 0.517. The molecule has 190 valence electrons. The van der Waals surface area contributed by atoms with E-state index in [0.29, 0.717) is 24.6 Å². The third-order valence-electron chi connectivity index (χ3n) is 8.67. The van der Waals surface area contributed by atoms with Crippen LogP contribution in [-0.4, -0.2) is 39.7 Å². The lowest BCUT2D eigenvalue weighted by molar-refractivity contribution is -0.128. The highest BCUT2D eigenvalue weighted by atomic mass is 19.1. The average Bonchev–Trinajstić information content (AvgIpc) is 3.57. The lowest BCUT2D eigenvalue weighted by Gasteiger charge is -2.31. The molecule has 0 spiro atoms. The van der Waals surface area contributed by atoms with Crippen LogP contribution in [0.1, 0.15) is 61.4 Å². The maximum atomic E-state index is 14.7. The number of carbonyl (C=O) groups excluding carboxylic acids is 1. The number of allylic oxidation sites excluding steroid dienone is 2. The zero-order valence-electron chi connectivity index (χ0n) is 20.5. The Balaban J connectivity index is 1.39. The number of fused-ring (bicyclic) bond motifs is 3. The molecule has 2 aromatic rings. The summed E-state index contributed by atoms with van der Waals surface area (Å²) in [4.78, 5) is 29.1. The van der Waals surface area contributed by atoms with Crippen LogP contribution in [0, 0.1) is 23.6 Å². The normalized spacial score (nSPS) is 27.4. The van der Waals surface area contributed by atoms with Gasteiger partial charge in [0.15, 0.2) is 0 Å². The van der Waals surface area contributed by atoms with Crippen LogP contribution in [0.3, 0.4) is 0 Å². The minimum atomic E-state index is -0.576. The topological polar surface area (TPSA) is 74.6 Å². The summed E-state index contributed by atoms with van der Waals surface area (Å²) in [5.74, 6) is -0.313. The van der Waals surface area contributed by atoms with Crippen LogP contribution in [0.2, 0.25) is 0 Å². The maximum Gasteiger partial charge on any atom is 0.258 e. The van der Waals surface area contributed by atoms with E-state index in [2.05, 4.69) is 11.4 Å². The van der Waals surface area contributed by atoms with E-state index in [4.69, 9.17) is 0 Å². The predicted molar refractivity (Wildman–Crippen MR) is 135 cm³/mol. The molecule has 6 rings (SSSR count). The molecule has 1 aromatic carbocycles. The van der Waals surface area contributed by atoms with E-state index in [9.17, 15) is 19.1 Å². The molecular weight excluding hydrogens is 457 g/mol. The second-order valence-electron chi connectivity index (χ2n) is 10.9. The molecule has 1 saturated carbocycles. The van der Waals surface area contributed by atoms with Crippen molar-refractivity contribution < 1.29 is 14.3 Å². The molecule has 1 aromatic heterocycles. The molecule has 36 heavy (non-hydrogen) atoms. The highest BCUT2D eigenvalue weighted by molar-refractivity contribution is 5.83. The molecule has 0 bridgehead atoms. The summed E-state index contributed by atoms with van der Waals surface area (Å²) in [6, 6.07) is 9.78. The van der Waals surface area contributed by atoms with Crippen molar-refractivity contribution >= 4 is 11.5 Å². The number of carbonyl (C=O) groups is 1. The molecule has 1 saturated heterocycles. The molecule has 2 N–H and O–H groups in total. The first-order valence-corrected chi connectivity index (χ1v) is 13.4. The SMILES string of the molecule is O=C(NCC1CC1)[C@@H]1[C@@H](CO)[C@@H]2Cn3c(ccc(C4=CCCCC4)c3=O)[C@@H]2N1Cc1ccccc1F. The number of aliphatic hydroxyl groups is 1. The Kier molecular flexibility index (Phi) is 6.30. The molecule has 1 amide bonds. The smallest absolute Gasteiger partial charge is 0.258 e. The number of amides is 1. The highest BCUT2D eigenvalue weighted by Crippen LogP contribution is 2.50. The Labute approximate surface area is 210 Å². The standard InChI is InChI=1S/C29H34FN3O3/c30-24-9-5-4-8-20(24)15-33-26-22(23(17-34)27(33)28(35)31-14-18-10-11-18)16-32-25(26)13-12-21(29(32)36)19-6-2-1-3-7-19/h4-6,8-9,12-13,18,22-23,26-27,34H,1-3,7,10-11,14-17H2,(H,31,35)/t22-,23-,26+,27-/m0/s1. The minimum Gasteiger partial charge on any atom is -0.396 e. The molecule has 0 unspecified atom stereocenters. The fourth-order valence-electron chi connectivity index (χ4n) is 6.61. The third-order valence-corrected chi connectivity index (χ3v) is 8.67. The lowest BCUT2D eigenvalue weighted by Crippen LogP contribution is -2.48. The van der Waals surface area contributed by atoms with Crippen molar-refractivity contribution in [3.05, 3.63) is 75.5 Å².